The minimum atomic E-state index is -4.42. The van der Waals surface area contributed by atoms with Gasteiger partial charge in [0.25, 0.3) is 0 Å². The van der Waals surface area contributed by atoms with Crippen LogP contribution in [0.1, 0.15) is 11.4 Å². The van der Waals surface area contributed by atoms with Gasteiger partial charge < -0.3 is 20.5 Å². The predicted octanol–water partition coefficient (Wildman–Crippen LogP) is 3.75. The molecular weight excluding hydrogens is 414 g/mol. The Kier molecular flexibility index (Phi) is 5.40. The van der Waals surface area contributed by atoms with Gasteiger partial charge in [-0.2, -0.15) is 13.2 Å². The number of benzene rings is 2. The highest BCUT2D eigenvalue weighted by molar-refractivity contribution is 5.79. The summed E-state index contributed by atoms with van der Waals surface area (Å²) < 4.78 is 53.9. The van der Waals surface area contributed by atoms with Crippen molar-refractivity contribution in [3.63, 3.8) is 0 Å². The molecule has 10 heteroatoms. The van der Waals surface area contributed by atoms with Crippen molar-refractivity contribution < 1.29 is 22.4 Å². The molecule has 162 valence electrons. The van der Waals surface area contributed by atoms with E-state index >= 15 is 0 Å². The molecule has 1 amide bonds. The van der Waals surface area contributed by atoms with Crippen molar-refractivity contribution in [2.45, 2.75) is 19.3 Å². The Bertz CT molecular complexity index is 1090. The summed E-state index contributed by atoms with van der Waals surface area (Å²) in [5.74, 6) is 0.558. The molecule has 0 unspecified atom stereocenters. The van der Waals surface area contributed by atoms with Crippen molar-refractivity contribution in [3.8, 4) is 11.3 Å². The maximum Gasteiger partial charge on any atom is 0.416 e. The summed E-state index contributed by atoms with van der Waals surface area (Å²) in [6.45, 7) is 0.989. The number of amides is 1. The molecule has 0 bridgehead atoms. The number of hydrogen-bond donors (Lipinski definition) is 2. The second kappa shape index (κ2) is 8.03. The minimum absolute atomic E-state index is 0.109. The lowest BCUT2D eigenvalue weighted by molar-refractivity contribution is -0.137. The fourth-order valence-electron chi connectivity index (χ4n) is 3.49. The molecule has 1 aliphatic rings. The normalized spacial score (nSPS) is 13.8. The van der Waals surface area contributed by atoms with Crippen LogP contribution in [0.5, 0.6) is 0 Å². The van der Waals surface area contributed by atoms with E-state index in [0.717, 1.165) is 12.1 Å². The van der Waals surface area contributed by atoms with Crippen molar-refractivity contribution in [2.75, 3.05) is 18.4 Å². The number of nitrogens with one attached hydrogen (secondary N) is 1. The summed E-state index contributed by atoms with van der Waals surface area (Å²) in [6.07, 6.45) is -4.42. The molecule has 3 aromatic rings. The molecule has 1 aliphatic heterocycles. The van der Waals surface area contributed by atoms with E-state index in [4.69, 9.17) is 5.73 Å². The third-order valence-electron chi connectivity index (χ3n) is 5.09. The summed E-state index contributed by atoms with van der Waals surface area (Å²) >= 11 is 0. The zero-order chi connectivity index (χ0) is 22.2. The van der Waals surface area contributed by atoms with Crippen LogP contribution >= 0.6 is 0 Å². The van der Waals surface area contributed by atoms with Crippen molar-refractivity contribution in [3.05, 3.63) is 65.7 Å². The highest BCUT2D eigenvalue weighted by atomic mass is 19.4. The van der Waals surface area contributed by atoms with E-state index in [0.29, 0.717) is 41.7 Å². The monoisotopic (exact) mass is 433 g/mol. The zero-order valence-corrected chi connectivity index (χ0v) is 16.3. The third-order valence-corrected chi connectivity index (χ3v) is 5.09. The molecule has 0 atom stereocenters. The van der Waals surface area contributed by atoms with Crippen molar-refractivity contribution in [2.24, 2.45) is 5.73 Å². The van der Waals surface area contributed by atoms with Gasteiger partial charge >= 0.3 is 6.18 Å². The average Bonchev–Trinajstić information content (AvgIpc) is 3.11. The molecule has 0 spiro atoms. The second-order valence-corrected chi connectivity index (χ2v) is 7.10. The number of aromatic nitrogens is 2. The van der Waals surface area contributed by atoms with E-state index in [9.17, 15) is 22.4 Å². The second-order valence-electron chi connectivity index (χ2n) is 7.10. The lowest BCUT2D eigenvalue weighted by Gasteiger charge is -2.28. The van der Waals surface area contributed by atoms with Crippen LogP contribution in [-0.4, -0.2) is 33.4 Å². The lowest BCUT2D eigenvalue weighted by Crippen LogP contribution is -2.41. The molecule has 31 heavy (non-hydrogen) atoms. The smallest absolute Gasteiger partial charge is 0.340 e. The van der Waals surface area contributed by atoms with Gasteiger partial charge in [0.15, 0.2) is 0 Å². The van der Waals surface area contributed by atoms with Crippen molar-refractivity contribution in [1.29, 1.82) is 0 Å². The average molecular weight is 433 g/mol. The number of alkyl halides is 3. The number of halogens is 4. The van der Waals surface area contributed by atoms with E-state index in [1.54, 1.807) is 17.0 Å². The first-order valence-electron chi connectivity index (χ1n) is 9.53. The number of nitrogens with two attached hydrogens (primary N) is 1. The lowest BCUT2D eigenvalue weighted by atomic mass is 10.1. The Hall–Kier alpha value is -3.40. The molecule has 1 aromatic heterocycles. The quantitative estimate of drug-likeness (QED) is 0.615. The van der Waals surface area contributed by atoms with Crippen molar-refractivity contribution >= 4 is 17.4 Å². The van der Waals surface area contributed by atoms with Gasteiger partial charge in [0.1, 0.15) is 23.2 Å². The number of fused-ring (bicyclic) bond motifs is 1. The van der Waals surface area contributed by atoms with Crippen LogP contribution in [0.2, 0.25) is 0 Å². The number of rotatable bonds is 4. The van der Waals surface area contributed by atoms with Gasteiger partial charge in [-0.25, -0.2) is 9.37 Å². The number of imidazole rings is 1. The molecule has 0 fully saturated rings. The van der Waals surface area contributed by atoms with Gasteiger partial charge in [-0.15, -0.1) is 0 Å². The van der Waals surface area contributed by atoms with Crippen LogP contribution in [0.4, 0.5) is 29.1 Å². The van der Waals surface area contributed by atoms with E-state index < -0.39 is 17.6 Å². The molecular formula is C21H19F4N5O. The van der Waals surface area contributed by atoms with Gasteiger partial charge in [-0.3, -0.25) is 4.79 Å². The van der Waals surface area contributed by atoms with Gasteiger partial charge in [0, 0.05) is 24.3 Å². The predicted molar refractivity (Wildman–Crippen MR) is 107 cm³/mol. The number of carbonyl (C=O) groups excluding carboxylic acids is 1. The van der Waals surface area contributed by atoms with Crippen LogP contribution in [0.3, 0.4) is 0 Å². The maximum absolute atomic E-state index is 13.4. The van der Waals surface area contributed by atoms with E-state index in [-0.39, 0.29) is 19.0 Å². The fraction of sp³-hybridized carbons (Fsp3) is 0.238. The molecule has 0 aliphatic carbocycles. The fourth-order valence-corrected chi connectivity index (χ4v) is 3.49. The maximum atomic E-state index is 13.4. The SMILES string of the molecule is NCC(=O)N1CCn2c(nc(-c3ccc(F)cc3)c2Nc2ccc(C(F)(F)F)cc2)C1. The number of carbonyl (C=O) groups is 1. The molecule has 0 saturated heterocycles. The van der Waals surface area contributed by atoms with Crippen LogP contribution in [0.25, 0.3) is 11.3 Å². The highest BCUT2D eigenvalue weighted by Gasteiger charge is 2.30. The van der Waals surface area contributed by atoms with Crippen LogP contribution in [0, 0.1) is 5.82 Å². The molecule has 3 N–H and O–H groups in total. The molecule has 2 heterocycles. The van der Waals surface area contributed by atoms with Gasteiger partial charge in [-0.05, 0) is 48.5 Å². The van der Waals surface area contributed by atoms with Crippen LogP contribution < -0.4 is 11.1 Å². The summed E-state index contributed by atoms with van der Waals surface area (Å²) in [5.41, 5.74) is 6.30. The summed E-state index contributed by atoms with van der Waals surface area (Å²) in [6, 6.07) is 10.4. The standard InChI is InChI=1S/C21H19F4N5O/c22-15-5-1-13(2-6-15)19-20(27-16-7-3-14(4-8-16)21(23,24)25)30-10-9-29(18(31)11-26)12-17(30)28-19/h1-8,27H,9-12,26H2. The molecule has 0 saturated carbocycles. The van der Waals surface area contributed by atoms with E-state index in [1.165, 1.54) is 24.3 Å². The molecule has 4 rings (SSSR count). The van der Waals surface area contributed by atoms with Crippen LogP contribution in [-0.2, 0) is 24.1 Å². The largest absolute Gasteiger partial charge is 0.416 e. The van der Waals surface area contributed by atoms with E-state index in [1.807, 2.05) is 4.57 Å². The third kappa shape index (κ3) is 4.24. The Morgan fingerprint density at radius 1 is 1.06 bits per heavy atom. The number of nitrogens with zero attached hydrogens (tertiary/aromatic N) is 3. The van der Waals surface area contributed by atoms with E-state index in [2.05, 4.69) is 10.3 Å². The first kappa shape index (κ1) is 20.9. The highest BCUT2D eigenvalue weighted by Crippen LogP contribution is 2.35. The first-order valence-corrected chi connectivity index (χ1v) is 9.53. The van der Waals surface area contributed by atoms with Gasteiger partial charge in [-0.1, -0.05) is 0 Å². The molecule has 6 nitrogen and oxygen atoms in total. The number of anilines is 2. The van der Waals surface area contributed by atoms with Crippen molar-refractivity contribution in [1.82, 2.24) is 14.5 Å². The Labute approximate surface area is 175 Å². The minimum Gasteiger partial charge on any atom is -0.340 e. The summed E-state index contributed by atoms with van der Waals surface area (Å²) in [4.78, 5) is 18.2. The molecule has 2 aromatic carbocycles. The Morgan fingerprint density at radius 3 is 2.35 bits per heavy atom. The molecule has 0 radical (unpaired) electrons. The Balaban J connectivity index is 1.72. The topological polar surface area (TPSA) is 76.2 Å². The first-order chi connectivity index (χ1) is 14.8. The Morgan fingerprint density at radius 2 is 1.74 bits per heavy atom. The van der Waals surface area contributed by atoms with Crippen LogP contribution in [0.15, 0.2) is 48.5 Å². The van der Waals surface area contributed by atoms with Gasteiger partial charge in [0.2, 0.25) is 5.91 Å². The zero-order valence-electron chi connectivity index (χ0n) is 16.3. The summed E-state index contributed by atoms with van der Waals surface area (Å²) in [7, 11) is 0. The number of hydrogen-bond acceptors (Lipinski definition) is 4. The van der Waals surface area contributed by atoms with Gasteiger partial charge in [0.05, 0.1) is 18.7 Å². The summed E-state index contributed by atoms with van der Waals surface area (Å²) in [5, 5.41) is 3.14.